The predicted octanol–water partition coefficient (Wildman–Crippen LogP) is 6.68. The van der Waals surface area contributed by atoms with Crippen molar-refractivity contribution in [2.75, 3.05) is 20.3 Å². The van der Waals surface area contributed by atoms with Crippen molar-refractivity contribution in [1.29, 1.82) is 0 Å². The highest BCUT2D eigenvalue weighted by molar-refractivity contribution is 6.00. The zero-order valence-corrected chi connectivity index (χ0v) is 22.0. The van der Waals surface area contributed by atoms with E-state index in [9.17, 15) is 4.79 Å². The summed E-state index contributed by atoms with van der Waals surface area (Å²) in [6, 6.07) is 8.10. The summed E-state index contributed by atoms with van der Waals surface area (Å²) in [6.45, 7) is 8.75. The van der Waals surface area contributed by atoms with Crippen LogP contribution in [0, 0.1) is 40.4 Å². The molecule has 1 heterocycles. The molecule has 5 fully saturated rings. The lowest BCUT2D eigenvalue weighted by molar-refractivity contribution is -0.217. The quantitative estimate of drug-likeness (QED) is 0.455. The third-order valence-electron chi connectivity index (χ3n) is 11.4. The Morgan fingerprint density at radius 1 is 0.914 bits per heavy atom. The van der Waals surface area contributed by atoms with Gasteiger partial charge in [0.15, 0.2) is 11.6 Å². The fourth-order valence-electron chi connectivity index (χ4n) is 9.64. The van der Waals surface area contributed by atoms with E-state index in [4.69, 9.17) is 14.2 Å². The summed E-state index contributed by atoms with van der Waals surface area (Å²) in [6.07, 6.45) is 11.4. The molecule has 0 spiro atoms. The van der Waals surface area contributed by atoms with Gasteiger partial charge in [-0.1, -0.05) is 26.0 Å². The number of rotatable bonds is 3. The van der Waals surface area contributed by atoms with Gasteiger partial charge in [0.25, 0.3) is 0 Å². The molecule has 1 saturated heterocycles. The monoisotopic (exact) mass is 478 g/mol. The average Bonchev–Trinajstić information content (AvgIpc) is 3.44. The molecule has 1 aromatic carbocycles. The van der Waals surface area contributed by atoms with Crippen LogP contribution < -0.4 is 4.74 Å². The molecule has 5 aliphatic rings. The SMILES string of the molecule is COc1ccc(/C=C2/C[C@@]3(C)[C@@H](CC[C@H]4[C@H]3CC[C@]3(C)[C@@H]4CC[C@@H]3C3(C)OCCO3)CC2=O)cc1. The van der Waals surface area contributed by atoms with Gasteiger partial charge in [-0.3, -0.25) is 4.79 Å². The number of hydrogen-bond acceptors (Lipinski definition) is 4. The first-order valence-electron chi connectivity index (χ1n) is 13.9. The number of ketones is 1. The van der Waals surface area contributed by atoms with E-state index in [-0.39, 0.29) is 5.41 Å². The van der Waals surface area contributed by atoms with E-state index in [0.717, 1.165) is 54.8 Å². The summed E-state index contributed by atoms with van der Waals surface area (Å²) in [4.78, 5) is 13.2. The van der Waals surface area contributed by atoms with Crippen LogP contribution in [0.3, 0.4) is 0 Å². The average molecular weight is 479 g/mol. The van der Waals surface area contributed by atoms with Crippen molar-refractivity contribution in [1.82, 2.24) is 0 Å². The Kier molecular flexibility index (Phi) is 5.73. The number of fused-ring (bicyclic) bond motifs is 5. The van der Waals surface area contributed by atoms with Crippen LogP contribution in [-0.4, -0.2) is 31.9 Å². The molecule has 4 aliphatic carbocycles. The highest BCUT2D eigenvalue weighted by Crippen LogP contribution is 2.69. The molecule has 6 rings (SSSR count). The molecule has 4 saturated carbocycles. The van der Waals surface area contributed by atoms with Crippen LogP contribution in [0.1, 0.15) is 77.7 Å². The smallest absolute Gasteiger partial charge is 0.169 e. The molecule has 0 aromatic heterocycles. The zero-order chi connectivity index (χ0) is 24.4. The van der Waals surface area contributed by atoms with E-state index in [2.05, 4.69) is 39.0 Å². The number of hydrogen-bond donors (Lipinski definition) is 0. The summed E-state index contributed by atoms with van der Waals surface area (Å²) in [5.41, 5.74) is 2.66. The summed E-state index contributed by atoms with van der Waals surface area (Å²) < 4.78 is 17.7. The minimum atomic E-state index is -0.400. The van der Waals surface area contributed by atoms with Crippen molar-refractivity contribution < 1.29 is 19.0 Å². The Labute approximate surface area is 210 Å². The molecule has 7 atom stereocenters. The standard InChI is InChI=1S/C31H42O4/c1-29-14-13-26-24(25(29)11-12-28(29)31(3)34-15-16-35-31)10-7-22-18-27(32)21(19-30(22,26)2)17-20-5-8-23(33-4)9-6-20/h5-6,8-9,17,22,24-26,28H,7,10-16,18-19H2,1-4H3/b21-17-/t22-,24+,25+,26+,28-,29+,30-/m0/s1. The van der Waals surface area contributed by atoms with E-state index in [1.165, 1.54) is 38.5 Å². The largest absolute Gasteiger partial charge is 0.497 e. The Morgan fingerprint density at radius 3 is 2.34 bits per heavy atom. The second kappa shape index (κ2) is 8.45. The van der Waals surface area contributed by atoms with Crippen LogP contribution in [0.4, 0.5) is 0 Å². The van der Waals surface area contributed by atoms with Gasteiger partial charge >= 0.3 is 0 Å². The van der Waals surface area contributed by atoms with Gasteiger partial charge in [0.05, 0.1) is 20.3 Å². The minimum absolute atomic E-state index is 0.221. The number of ether oxygens (including phenoxy) is 3. The maximum Gasteiger partial charge on any atom is 0.169 e. The van der Waals surface area contributed by atoms with Crippen LogP contribution in [0.5, 0.6) is 5.75 Å². The maximum atomic E-state index is 13.2. The van der Waals surface area contributed by atoms with E-state index < -0.39 is 5.79 Å². The topological polar surface area (TPSA) is 44.8 Å². The van der Waals surface area contributed by atoms with E-state index >= 15 is 0 Å². The highest BCUT2D eigenvalue weighted by Gasteiger charge is 2.64. The van der Waals surface area contributed by atoms with Crippen molar-refractivity contribution in [2.45, 2.75) is 77.9 Å². The van der Waals surface area contributed by atoms with Gasteiger partial charge in [-0.2, -0.15) is 0 Å². The first-order chi connectivity index (χ1) is 16.8. The van der Waals surface area contributed by atoms with Crippen molar-refractivity contribution in [3.63, 3.8) is 0 Å². The minimum Gasteiger partial charge on any atom is -0.497 e. The van der Waals surface area contributed by atoms with Crippen LogP contribution in [-0.2, 0) is 14.3 Å². The molecule has 4 nitrogen and oxygen atoms in total. The van der Waals surface area contributed by atoms with Crippen LogP contribution in [0.15, 0.2) is 29.8 Å². The lowest BCUT2D eigenvalue weighted by atomic mass is 9.44. The number of carbonyl (C=O) groups excluding carboxylic acids is 1. The van der Waals surface area contributed by atoms with Gasteiger partial charge in [-0.15, -0.1) is 0 Å². The van der Waals surface area contributed by atoms with Crippen molar-refractivity contribution >= 4 is 11.9 Å². The Bertz CT molecular complexity index is 1010. The van der Waals surface area contributed by atoms with E-state index in [0.29, 0.717) is 29.0 Å². The maximum absolute atomic E-state index is 13.2. The summed E-state index contributed by atoms with van der Waals surface area (Å²) in [7, 11) is 1.69. The van der Waals surface area contributed by atoms with Gasteiger partial charge in [0.2, 0.25) is 0 Å². The van der Waals surface area contributed by atoms with E-state index in [1.807, 2.05) is 12.1 Å². The molecule has 1 aliphatic heterocycles. The van der Waals surface area contributed by atoms with Gasteiger partial charge < -0.3 is 14.2 Å². The second-order valence-corrected chi connectivity index (χ2v) is 12.8. The lowest BCUT2D eigenvalue weighted by Gasteiger charge is -2.61. The number of allylic oxidation sites excluding steroid dienone is 1. The second-order valence-electron chi connectivity index (χ2n) is 12.8. The van der Waals surface area contributed by atoms with Crippen molar-refractivity contribution in [3.8, 4) is 5.75 Å². The first-order valence-corrected chi connectivity index (χ1v) is 13.9. The third-order valence-corrected chi connectivity index (χ3v) is 11.4. The van der Waals surface area contributed by atoms with E-state index in [1.54, 1.807) is 7.11 Å². The van der Waals surface area contributed by atoms with Crippen molar-refractivity contribution in [2.24, 2.45) is 40.4 Å². The third kappa shape index (κ3) is 3.65. The van der Waals surface area contributed by atoms with Gasteiger partial charge in [0, 0.05) is 12.3 Å². The fraction of sp³-hybridized carbons (Fsp3) is 0.710. The number of carbonyl (C=O) groups is 1. The molecule has 1 aromatic rings. The molecule has 35 heavy (non-hydrogen) atoms. The highest BCUT2D eigenvalue weighted by atomic mass is 16.7. The summed E-state index contributed by atoms with van der Waals surface area (Å²) in [5, 5.41) is 0. The number of benzene rings is 1. The fourth-order valence-corrected chi connectivity index (χ4v) is 9.64. The molecule has 0 unspecified atom stereocenters. The van der Waals surface area contributed by atoms with Gasteiger partial charge in [-0.05, 0) is 116 Å². The molecule has 0 radical (unpaired) electrons. The zero-order valence-electron chi connectivity index (χ0n) is 22.0. The predicted molar refractivity (Wildman–Crippen MR) is 137 cm³/mol. The molecule has 0 bridgehead atoms. The molecule has 0 amide bonds. The van der Waals surface area contributed by atoms with Gasteiger partial charge in [0.1, 0.15) is 5.75 Å². The van der Waals surface area contributed by atoms with Gasteiger partial charge in [-0.25, -0.2) is 0 Å². The Balaban J connectivity index is 1.26. The lowest BCUT2D eigenvalue weighted by Crippen LogP contribution is -2.55. The first kappa shape index (κ1) is 23.7. The molecule has 190 valence electrons. The van der Waals surface area contributed by atoms with Crippen molar-refractivity contribution in [3.05, 3.63) is 35.4 Å². The van der Waals surface area contributed by atoms with Crippen LogP contribution in [0.25, 0.3) is 6.08 Å². The number of Topliss-reactive ketones (excluding diaryl/α,β-unsaturated/α-hetero) is 1. The summed E-state index contributed by atoms with van der Waals surface area (Å²) >= 11 is 0. The summed E-state index contributed by atoms with van der Waals surface area (Å²) in [5.74, 6) is 4.07. The molecule has 0 N–H and O–H groups in total. The van der Waals surface area contributed by atoms with Crippen LogP contribution >= 0.6 is 0 Å². The Morgan fingerprint density at radius 2 is 1.63 bits per heavy atom. The molecular weight excluding hydrogens is 436 g/mol. The molecular formula is C31H42O4. The Hall–Kier alpha value is -1.65. The normalized spacial score (nSPS) is 43.5. The van der Waals surface area contributed by atoms with Crippen LogP contribution in [0.2, 0.25) is 0 Å². The molecule has 4 heteroatoms. The number of methoxy groups -OCH3 is 1.